The maximum absolute atomic E-state index is 11.1. The highest BCUT2D eigenvalue weighted by molar-refractivity contribution is 5.85. The molecule has 0 aliphatic carbocycles. The third-order valence-corrected chi connectivity index (χ3v) is 1.98. The van der Waals surface area contributed by atoms with Crippen LogP contribution in [0.3, 0.4) is 0 Å². The fraction of sp³-hybridized carbons (Fsp3) is 0.0909. The largest absolute Gasteiger partial charge is 0.463 e. The van der Waals surface area contributed by atoms with Crippen molar-refractivity contribution in [3.05, 3.63) is 42.6 Å². The molecule has 0 aliphatic heterocycles. The second-order valence-corrected chi connectivity index (χ2v) is 3.00. The van der Waals surface area contributed by atoms with Crippen molar-refractivity contribution in [2.75, 3.05) is 7.11 Å². The van der Waals surface area contributed by atoms with Crippen LogP contribution in [0.2, 0.25) is 0 Å². The van der Waals surface area contributed by atoms with Crippen molar-refractivity contribution < 1.29 is 9.53 Å². The lowest BCUT2D eigenvalue weighted by molar-refractivity contribution is 0.0586. The fourth-order valence-electron chi connectivity index (χ4n) is 1.19. The van der Waals surface area contributed by atoms with Gasteiger partial charge in [0.05, 0.1) is 12.8 Å². The van der Waals surface area contributed by atoms with Crippen LogP contribution in [0.1, 0.15) is 10.6 Å². The Balaban J connectivity index is 2.30. The number of rotatable bonds is 2. The molecule has 0 bridgehead atoms. The van der Waals surface area contributed by atoms with Gasteiger partial charge in [-0.05, 0) is 12.1 Å². The number of nitrogens with zero attached hydrogens (tertiary/aromatic N) is 3. The summed E-state index contributed by atoms with van der Waals surface area (Å²) in [4.78, 5) is 23.0. The lowest BCUT2D eigenvalue weighted by Crippen LogP contribution is -2.06. The Bertz CT molecular complexity index is 482. The van der Waals surface area contributed by atoms with Gasteiger partial charge >= 0.3 is 5.97 Å². The van der Waals surface area contributed by atoms with Gasteiger partial charge < -0.3 is 4.74 Å². The van der Waals surface area contributed by atoms with Crippen LogP contribution in [0, 0.1) is 0 Å². The molecule has 0 saturated heterocycles. The molecule has 2 aromatic heterocycles. The molecule has 0 N–H and O–H groups in total. The second kappa shape index (κ2) is 4.48. The standard InChI is InChI=1S/C11H9N3O2/c1-16-11(15)10-13-6-8(7-14-10)9-4-2-3-5-12-9/h2-7H,1H3. The highest BCUT2D eigenvalue weighted by Crippen LogP contribution is 2.13. The first-order valence-corrected chi connectivity index (χ1v) is 4.63. The molecule has 0 radical (unpaired) electrons. The van der Waals surface area contributed by atoms with Crippen molar-refractivity contribution in [2.24, 2.45) is 0 Å². The summed E-state index contributed by atoms with van der Waals surface area (Å²) in [7, 11) is 1.29. The molecule has 0 fully saturated rings. The minimum Gasteiger partial charge on any atom is -0.463 e. The molecule has 0 spiro atoms. The molecule has 0 unspecified atom stereocenters. The van der Waals surface area contributed by atoms with Gasteiger partial charge in [-0.15, -0.1) is 0 Å². The first-order chi connectivity index (χ1) is 7.81. The minimum atomic E-state index is -0.549. The Labute approximate surface area is 92.2 Å². The normalized spacial score (nSPS) is 9.81. The lowest BCUT2D eigenvalue weighted by Gasteiger charge is -2.00. The van der Waals surface area contributed by atoms with Crippen LogP contribution in [0.15, 0.2) is 36.8 Å². The van der Waals surface area contributed by atoms with Gasteiger partial charge in [0.15, 0.2) is 0 Å². The summed E-state index contributed by atoms with van der Waals surface area (Å²) in [6, 6.07) is 5.54. The smallest absolute Gasteiger partial charge is 0.376 e. The van der Waals surface area contributed by atoms with Crippen molar-refractivity contribution in [1.82, 2.24) is 15.0 Å². The molecule has 5 heteroatoms. The van der Waals surface area contributed by atoms with Gasteiger partial charge in [0.2, 0.25) is 5.82 Å². The highest BCUT2D eigenvalue weighted by atomic mass is 16.5. The van der Waals surface area contributed by atoms with Gasteiger partial charge in [-0.3, -0.25) is 4.98 Å². The van der Waals surface area contributed by atoms with Crippen LogP contribution in [0.4, 0.5) is 0 Å². The number of carbonyl (C=O) groups excluding carboxylic acids is 1. The maximum Gasteiger partial charge on any atom is 0.376 e. The van der Waals surface area contributed by atoms with Crippen molar-refractivity contribution in [2.45, 2.75) is 0 Å². The first kappa shape index (κ1) is 10.2. The van der Waals surface area contributed by atoms with Crippen molar-refractivity contribution >= 4 is 5.97 Å². The topological polar surface area (TPSA) is 65.0 Å². The molecular formula is C11H9N3O2. The summed E-state index contributed by atoms with van der Waals surface area (Å²) < 4.78 is 4.50. The van der Waals surface area contributed by atoms with Gasteiger partial charge in [-0.25, -0.2) is 14.8 Å². The number of esters is 1. The molecule has 0 saturated carbocycles. The quantitative estimate of drug-likeness (QED) is 0.707. The zero-order valence-electron chi connectivity index (χ0n) is 8.62. The van der Waals surface area contributed by atoms with E-state index >= 15 is 0 Å². The predicted octanol–water partition coefficient (Wildman–Crippen LogP) is 1.33. The summed E-state index contributed by atoms with van der Waals surface area (Å²) in [6.07, 6.45) is 4.77. The van der Waals surface area contributed by atoms with E-state index in [1.807, 2.05) is 18.2 Å². The van der Waals surface area contributed by atoms with Crippen LogP contribution >= 0.6 is 0 Å². The molecule has 5 nitrogen and oxygen atoms in total. The zero-order valence-corrected chi connectivity index (χ0v) is 8.62. The van der Waals surface area contributed by atoms with Gasteiger partial charge in [-0.2, -0.15) is 0 Å². The van der Waals surface area contributed by atoms with E-state index in [1.165, 1.54) is 7.11 Å². The fourth-order valence-corrected chi connectivity index (χ4v) is 1.19. The van der Waals surface area contributed by atoms with Crippen LogP contribution < -0.4 is 0 Å². The van der Waals surface area contributed by atoms with Gasteiger partial charge in [0.25, 0.3) is 0 Å². The Morgan fingerprint density at radius 2 is 1.94 bits per heavy atom. The molecule has 0 aromatic carbocycles. The van der Waals surface area contributed by atoms with E-state index in [1.54, 1.807) is 18.6 Å². The average molecular weight is 215 g/mol. The number of hydrogen-bond acceptors (Lipinski definition) is 5. The number of aromatic nitrogens is 3. The number of methoxy groups -OCH3 is 1. The predicted molar refractivity (Wildman–Crippen MR) is 56.6 cm³/mol. The minimum absolute atomic E-state index is 0.0437. The first-order valence-electron chi connectivity index (χ1n) is 4.63. The molecule has 0 aliphatic rings. The summed E-state index contributed by atoms with van der Waals surface area (Å²) in [5.41, 5.74) is 1.52. The molecule has 2 aromatic rings. The summed E-state index contributed by atoms with van der Waals surface area (Å²) in [5.74, 6) is -0.505. The second-order valence-electron chi connectivity index (χ2n) is 3.00. The summed E-state index contributed by atoms with van der Waals surface area (Å²) in [6.45, 7) is 0. The van der Waals surface area contributed by atoms with Gasteiger partial charge in [0, 0.05) is 24.2 Å². The molecular weight excluding hydrogens is 206 g/mol. The number of ether oxygens (including phenoxy) is 1. The van der Waals surface area contributed by atoms with Crippen molar-refractivity contribution in [3.8, 4) is 11.3 Å². The van der Waals surface area contributed by atoms with E-state index in [0.717, 1.165) is 11.3 Å². The number of pyridine rings is 1. The third kappa shape index (κ3) is 2.03. The highest BCUT2D eigenvalue weighted by Gasteiger charge is 2.08. The van der Waals surface area contributed by atoms with Gasteiger partial charge in [-0.1, -0.05) is 6.07 Å². The molecule has 2 heterocycles. The van der Waals surface area contributed by atoms with E-state index in [0.29, 0.717) is 0 Å². The van der Waals surface area contributed by atoms with E-state index in [4.69, 9.17) is 0 Å². The summed E-state index contributed by atoms with van der Waals surface area (Å²) in [5, 5.41) is 0. The SMILES string of the molecule is COC(=O)c1ncc(-c2ccccn2)cn1. The Morgan fingerprint density at radius 3 is 2.50 bits per heavy atom. The zero-order chi connectivity index (χ0) is 11.4. The Kier molecular flexibility index (Phi) is 2.86. The molecule has 80 valence electrons. The monoisotopic (exact) mass is 215 g/mol. The van der Waals surface area contributed by atoms with Gasteiger partial charge in [0.1, 0.15) is 0 Å². The molecule has 0 amide bonds. The maximum atomic E-state index is 11.1. The molecule has 2 rings (SSSR count). The Hall–Kier alpha value is -2.30. The van der Waals surface area contributed by atoms with Crippen LogP contribution in [0.25, 0.3) is 11.3 Å². The van der Waals surface area contributed by atoms with E-state index in [9.17, 15) is 4.79 Å². The number of hydrogen-bond donors (Lipinski definition) is 0. The van der Waals surface area contributed by atoms with Crippen LogP contribution in [-0.4, -0.2) is 28.0 Å². The van der Waals surface area contributed by atoms with Crippen LogP contribution in [0.5, 0.6) is 0 Å². The summed E-state index contributed by atoms with van der Waals surface area (Å²) >= 11 is 0. The van der Waals surface area contributed by atoms with Crippen molar-refractivity contribution in [1.29, 1.82) is 0 Å². The molecule has 0 atom stereocenters. The van der Waals surface area contributed by atoms with E-state index in [2.05, 4.69) is 19.7 Å². The van der Waals surface area contributed by atoms with Crippen molar-refractivity contribution in [3.63, 3.8) is 0 Å². The van der Waals surface area contributed by atoms with E-state index in [-0.39, 0.29) is 5.82 Å². The molecule has 16 heavy (non-hydrogen) atoms. The Morgan fingerprint density at radius 1 is 1.19 bits per heavy atom. The lowest BCUT2D eigenvalue weighted by atomic mass is 10.2. The number of carbonyl (C=O) groups is 1. The third-order valence-electron chi connectivity index (χ3n) is 1.98. The average Bonchev–Trinajstić information content (AvgIpc) is 2.39. The van der Waals surface area contributed by atoms with E-state index < -0.39 is 5.97 Å². The van der Waals surface area contributed by atoms with Crippen LogP contribution in [-0.2, 0) is 4.74 Å².